The normalized spacial score (nSPS) is 30.9. The summed E-state index contributed by atoms with van der Waals surface area (Å²) in [4.78, 5) is 33.4. The first-order valence-corrected chi connectivity index (χ1v) is 11.8. The Bertz CT molecular complexity index is 628. The van der Waals surface area contributed by atoms with Crippen LogP contribution in [-0.2, 0) is 32.7 Å². The minimum absolute atomic E-state index is 0.0712. The molecule has 0 aromatic carbocycles. The first-order chi connectivity index (χ1) is 14.9. The molecule has 0 heterocycles. The zero-order valence-electron chi connectivity index (χ0n) is 18.0. The number of esters is 2. The molecule has 0 aliphatic heterocycles. The number of phosphoric acid groups is 1. The van der Waals surface area contributed by atoms with Crippen LogP contribution in [0.2, 0.25) is 0 Å². The van der Waals surface area contributed by atoms with Gasteiger partial charge in [-0.25, -0.2) is 4.57 Å². The van der Waals surface area contributed by atoms with Crippen molar-refractivity contribution in [1.29, 1.82) is 0 Å². The van der Waals surface area contributed by atoms with Gasteiger partial charge < -0.3 is 39.9 Å². The first kappa shape index (κ1) is 28.9. The minimum atomic E-state index is -5.04. The molecule has 1 fully saturated rings. The van der Waals surface area contributed by atoms with Gasteiger partial charge in [0.25, 0.3) is 0 Å². The molecule has 1 aliphatic carbocycles. The summed E-state index contributed by atoms with van der Waals surface area (Å²) in [7, 11) is -5.04. The van der Waals surface area contributed by atoms with Crippen molar-refractivity contribution >= 4 is 19.8 Å². The molecule has 0 radical (unpaired) electrons. The zero-order chi connectivity index (χ0) is 24.5. The number of phosphoric ester groups is 1. The van der Waals surface area contributed by atoms with Gasteiger partial charge in [0.1, 0.15) is 43.2 Å². The van der Waals surface area contributed by atoms with E-state index in [2.05, 4.69) is 4.52 Å². The maximum Gasteiger partial charge on any atom is 0.472 e. The highest BCUT2D eigenvalue weighted by molar-refractivity contribution is 7.47. The number of carbonyl (C=O) groups excluding carboxylic acids is 2. The molecule has 6 N–H and O–H groups in total. The van der Waals surface area contributed by atoms with Gasteiger partial charge in [-0.05, 0) is 12.8 Å². The van der Waals surface area contributed by atoms with Crippen LogP contribution in [0.1, 0.15) is 46.0 Å². The van der Waals surface area contributed by atoms with Crippen molar-refractivity contribution in [3.05, 3.63) is 0 Å². The number of ether oxygens (including phenoxy) is 2. The van der Waals surface area contributed by atoms with Crippen LogP contribution in [0.15, 0.2) is 0 Å². The van der Waals surface area contributed by atoms with Crippen LogP contribution in [0.25, 0.3) is 0 Å². The quantitative estimate of drug-likeness (QED) is 0.132. The fourth-order valence-electron chi connectivity index (χ4n) is 2.83. The van der Waals surface area contributed by atoms with E-state index in [1.54, 1.807) is 6.92 Å². The third-order valence-corrected chi connectivity index (χ3v) is 5.65. The second-order valence-corrected chi connectivity index (χ2v) is 8.84. The van der Waals surface area contributed by atoms with Gasteiger partial charge in [-0.2, -0.15) is 0 Å². The second-order valence-electron chi connectivity index (χ2n) is 7.44. The number of hydrogen-bond acceptors (Lipinski definition) is 12. The third-order valence-electron chi connectivity index (χ3n) is 4.67. The Morgan fingerprint density at radius 2 is 1.41 bits per heavy atom. The highest BCUT2D eigenvalue weighted by Crippen LogP contribution is 2.47. The van der Waals surface area contributed by atoms with Crippen LogP contribution in [0.5, 0.6) is 0 Å². The summed E-state index contributed by atoms with van der Waals surface area (Å²) < 4.78 is 31.8. The smallest absolute Gasteiger partial charge is 0.462 e. The number of rotatable bonds is 13. The fraction of sp³-hybridized carbons (Fsp3) is 0.889. The Labute approximate surface area is 185 Å². The van der Waals surface area contributed by atoms with Crippen molar-refractivity contribution in [1.82, 2.24) is 0 Å². The number of unbranched alkanes of at least 4 members (excludes halogenated alkanes) is 1. The van der Waals surface area contributed by atoms with Crippen LogP contribution in [0, 0.1) is 0 Å². The van der Waals surface area contributed by atoms with E-state index < -0.39 is 75.7 Å². The van der Waals surface area contributed by atoms with Crippen molar-refractivity contribution in [2.24, 2.45) is 0 Å². The van der Waals surface area contributed by atoms with Gasteiger partial charge in [0.2, 0.25) is 0 Å². The molecular weight excluding hydrogens is 455 g/mol. The molecule has 0 saturated heterocycles. The molecule has 1 aliphatic rings. The predicted octanol–water partition coefficient (Wildman–Crippen LogP) is -1.25. The standard InChI is InChI=1S/C18H33O13P/c1-3-5-7-12(20)30-10(8-28-11(19)6-4-2)9-29-32(26,27)31-18-16(24)14(22)13(21)15(23)17(18)25/h10,13-18,21-25H,3-9H2,1-2H3,(H,26,27)/t10-,13?,14-,15+,16-,17-,18?/m1/s1. The molecular formula is C18H33O13P. The highest BCUT2D eigenvalue weighted by Gasteiger charge is 2.51. The summed E-state index contributed by atoms with van der Waals surface area (Å²) in [5.74, 6) is -1.21. The summed E-state index contributed by atoms with van der Waals surface area (Å²) in [6, 6.07) is 0. The molecule has 1 saturated carbocycles. The Morgan fingerprint density at radius 3 is 1.94 bits per heavy atom. The van der Waals surface area contributed by atoms with Crippen LogP contribution >= 0.6 is 7.82 Å². The summed E-state index contributed by atoms with van der Waals surface area (Å²) in [6.07, 6.45) is -11.2. The predicted molar refractivity (Wildman–Crippen MR) is 106 cm³/mol. The molecule has 13 nitrogen and oxygen atoms in total. The van der Waals surface area contributed by atoms with E-state index in [1.807, 2.05) is 6.92 Å². The summed E-state index contributed by atoms with van der Waals surface area (Å²) in [6.45, 7) is 2.43. The van der Waals surface area contributed by atoms with Crippen LogP contribution < -0.4 is 0 Å². The molecule has 1 rings (SSSR count). The van der Waals surface area contributed by atoms with Crippen molar-refractivity contribution in [2.75, 3.05) is 13.2 Å². The van der Waals surface area contributed by atoms with Crippen molar-refractivity contribution in [3.63, 3.8) is 0 Å². The number of aliphatic hydroxyl groups excluding tert-OH is 5. The van der Waals surface area contributed by atoms with Gasteiger partial charge in [0.05, 0.1) is 6.61 Å². The maximum atomic E-state index is 12.3. The van der Waals surface area contributed by atoms with Crippen LogP contribution in [-0.4, -0.2) is 98.3 Å². The maximum absolute atomic E-state index is 12.3. The summed E-state index contributed by atoms with van der Waals surface area (Å²) >= 11 is 0. The van der Waals surface area contributed by atoms with E-state index in [4.69, 9.17) is 14.0 Å². The SMILES string of the molecule is CCCCC(=O)O[C@H](COC(=O)CCC)COP(=O)(O)OC1[C@H](O)[C@H](O)C(O)[C@H](O)[C@H]1O. The average Bonchev–Trinajstić information content (AvgIpc) is 2.74. The fourth-order valence-corrected chi connectivity index (χ4v) is 3.80. The van der Waals surface area contributed by atoms with Crippen molar-refractivity contribution < 1.29 is 63.1 Å². The van der Waals surface area contributed by atoms with E-state index in [1.165, 1.54) is 0 Å². The lowest BCUT2D eigenvalue weighted by Gasteiger charge is -2.41. The van der Waals surface area contributed by atoms with Gasteiger partial charge in [-0.15, -0.1) is 0 Å². The molecule has 0 bridgehead atoms. The average molecular weight is 488 g/mol. The van der Waals surface area contributed by atoms with E-state index in [-0.39, 0.29) is 12.8 Å². The van der Waals surface area contributed by atoms with Gasteiger partial charge in [0, 0.05) is 12.8 Å². The van der Waals surface area contributed by atoms with Crippen molar-refractivity contribution in [2.45, 2.75) is 88.7 Å². The van der Waals surface area contributed by atoms with Crippen LogP contribution in [0.4, 0.5) is 0 Å². The summed E-state index contributed by atoms with van der Waals surface area (Å²) in [5.41, 5.74) is 0. The van der Waals surface area contributed by atoms with Crippen LogP contribution in [0.3, 0.4) is 0 Å². The Hall–Kier alpha value is -1.15. The van der Waals surface area contributed by atoms with E-state index in [0.29, 0.717) is 12.8 Å². The lowest BCUT2D eigenvalue weighted by Crippen LogP contribution is -2.64. The Kier molecular flexibility index (Phi) is 12.2. The van der Waals surface area contributed by atoms with Crippen molar-refractivity contribution in [3.8, 4) is 0 Å². The van der Waals surface area contributed by atoms with E-state index in [9.17, 15) is 44.6 Å². The number of aliphatic hydroxyl groups is 5. The Balaban J connectivity index is 2.76. The Morgan fingerprint density at radius 1 is 0.844 bits per heavy atom. The molecule has 8 atom stereocenters. The molecule has 0 aromatic heterocycles. The topological polar surface area (TPSA) is 210 Å². The van der Waals surface area contributed by atoms with Gasteiger partial charge in [-0.3, -0.25) is 18.6 Å². The molecule has 188 valence electrons. The minimum Gasteiger partial charge on any atom is -0.462 e. The summed E-state index contributed by atoms with van der Waals surface area (Å²) in [5, 5.41) is 48.7. The number of hydrogen-bond donors (Lipinski definition) is 6. The zero-order valence-corrected chi connectivity index (χ0v) is 18.9. The lowest BCUT2D eigenvalue weighted by atomic mass is 9.85. The monoisotopic (exact) mass is 488 g/mol. The van der Waals surface area contributed by atoms with E-state index >= 15 is 0 Å². The van der Waals surface area contributed by atoms with Gasteiger partial charge in [-0.1, -0.05) is 20.3 Å². The molecule has 32 heavy (non-hydrogen) atoms. The first-order valence-electron chi connectivity index (χ1n) is 10.3. The largest absolute Gasteiger partial charge is 0.472 e. The van der Waals surface area contributed by atoms with Gasteiger partial charge in [0.15, 0.2) is 6.10 Å². The van der Waals surface area contributed by atoms with Gasteiger partial charge >= 0.3 is 19.8 Å². The number of carbonyl (C=O) groups is 2. The molecule has 0 amide bonds. The second kappa shape index (κ2) is 13.5. The lowest BCUT2D eigenvalue weighted by molar-refractivity contribution is -0.220. The molecule has 0 aromatic rings. The third kappa shape index (κ3) is 9.00. The van der Waals surface area contributed by atoms with E-state index in [0.717, 1.165) is 6.42 Å². The molecule has 14 heteroatoms. The molecule has 0 spiro atoms. The highest BCUT2D eigenvalue weighted by atomic mass is 31.2. The molecule has 3 unspecified atom stereocenters.